The first kappa shape index (κ1) is 12.7. The Labute approximate surface area is 109 Å². The lowest BCUT2D eigenvalue weighted by Gasteiger charge is -2.24. The van der Waals surface area contributed by atoms with Gasteiger partial charge in [-0.1, -0.05) is 11.6 Å². The topological polar surface area (TPSA) is 78.4 Å². The highest BCUT2D eigenvalue weighted by Crippen LogP contribution is 2.22. The maximum absolute atomic E-state index is 11.6. The number of carbonyl (C=O) groups is 2. The van der Waals surface area contributed by atoms with Crippen molar-refractivity contribution in [3.63, 3.8) is 0 Å². The van der Waals surface area contributed by atoms with Gasteiger partial charge < -0.3 is 15.7 Å². The van der Waals surface area contributed by atoms with Crippen LogP contribution in [0, 0.1) is 0 Å². The van der Waals surface area contributed by atoms with E-state index in [9.17, 15) is 9.59 Å². The normalized spacial score (nSPS) is 19.2. The largest absolute Gasteiger partial charge is 0.478 e. The molecule has 1 aromatic rings. The van der Waals surface area contributed by atoms with E-state index in [4.69, 9.17) is 16.7 Å². The Kier molecular flexibility index (Phi) is 3.72. The van der Waals surface area contributed by atoms with Crippen molar-refractivity contribution >= 4 is 29.2 Å². The van der Waals surface area contributed by atoms with Crippen LogP contribution in [0.25, 0.3) is 0 Å². The number of carbonyl (C=O) groups excluding carboxylic acids is 1. The number of nitrogens with one attached hydrogen (secondary N) is 2. The van der Waals surface area contributed by atoms with Gasteiger partial charge in [-0.2, -0.15) is 0 Å². The van der Waals surface area contributed by atoms with Gasteiger partial charge >= 0.3 is 5.97 Å². The first-order valence-corrected chi connectivity index (χ1v) is 6.03. The Balaban J connectivity index is 2.22. The van der Waals surface area contributed by atoms with Crippen molar-refractivity contribution in [3.8, 4) is 0 Å². The first-order valence-electron chi connectivity index (χ1n) is 5.65. The van der Waals surface area contributed by atoms with Crippen molar-refractivity contribution in [2.45, 2.75) is 18.9 Å². The minimum Gasteiger partial charge on any atom is -0.478 e. The summed E-state index contributed by atoms with van der Waals surface area (Å²) in [6, 6.07) is 4.15. The van der Waals surface area contributed by atoms with Crippen LogP contribution in [-0.2, 0) is 4.79 Å². The lowest BCUT2D eigenvalue weighted by Crippen LogP contribution is -2.44. The molecule has 0 saturated carbocycles. The molecule has 1 saturated heterocycles. The van der Waals surface area contributed by atoms with Crippen LogP contribution in [0.2, 0.25) is 5.02 Å². The molecule has 1 aliphatic heterocycles. The fourth-order valence-electron chi connectivity index (χ4n) is 1.92. The van der Waals surface area contributed by atoms with Gasteiger partial charge in [-0.3, -0.25) is 4.79 Å². The maximum atomic E-state index is 11.6. The van der Waals surface area contributed by atoms with Crippen LogP contribution in [0.1, 0.15) is 23.2 Å². The van der Waals surface area contributed by atoms with E-state index in [1.165, 1.54) is 6.07 Å². The molecule has 5 nitrogen and oxygen atoms in total. The molecule has 0 bridgehead atoms. The number of benzene rings is 1. The molecule has 3 N–H and O–H groups in total. The lowest BCUT2D eigenvalue weighted by atomic mass is 10.1. The predicted molar refractivity (Wildman–Crippen MR) is 68.1 cm³/mol. The number of hydrogen-bond acceptors (Lipinski definition) is 3. The highest BCUT2D eigenvalue weighted by atomic mass is 35.5. The number of piperidine rings is 1. The van der Waals surface area contributed by atoms with Gasteiger partial charge in [0, 0.05) is 17.3 Å². The number of carboxylic acid groups (broad SMARTS) is 1. The van der Waals surface area contributed by atoms with Crippen molar-refractivity contribution in [1.82, 2.24) is 5.32 Å². The summed E-state index contributed by atoms with van der Waals surface area (Å²) < 4.78 is 0. The number of amides is 1. The molecule has 1 atom stereocenters. The van der Waals surface area contributed by atoms with Crippen molar-refractivity contribution in [3.05, 3.63) is 28.8 Å². The smallest absolute Gasteiger partial charge is 0.337 e. The van der Waals surface area contributed by atoms with Crippen LogP contribution in [0.15, 0.2) is 18.2 Å². The second-order valence-electron chi connectivity index (χ2n) is 4.13. The molecule has 0 spiro atoms. The fraction of sp³-hybridized carbons (Fsp3) is 0.333. The third-order valence-corrected chi connectivity index (χ3v) is 3.06. The molecule has 0 radical (unpaired) electrons. The molecule has 0 aromatic heterocycles. The Hall–Kier alpha value is -1.75. The highest BCUT2D eigenvalue weighted by Gasteiger charge is 2.23. The summed E-state index contributed by atoms with van der Waals surface area (Å²) in [4.78, 5) is 22.7. The van der Waals surface area contributed by atoms with E-state index in [1.54, 1.807) is 12.1 Å². The van der Waals surface area contributed by atoms with Crippen molar-refractivity contribution < 1.29 is 14.7 Å². The van der Waals surface area contributed by atoms with Gasteiger partial charge in [-0.15, -0.1) is 0 Å². The highest BCUT2D eigenvalue weighted by molar-refractivity contribution is 6.31. The number of carboxylic acids is 1. The second kappa shape index (κ2) is 5.27. The summed E-state index contributed by atoms with van der Waals surface area (Å²) in [6.07, 6.45) is 1.56. The van der Waals surface area contributed by atoms with Crippen LogP contribution in [0.5, 0.6) is 0 Å². The van der Waals surface area contributed by atoms with Gasteiger partial charge in [-0.05, 0) is 31.0 Å². The van der Waals surface area contributed by atoms with Crippen molar-refractivity contribution in [2.75, 3.05) is 11.9 Å². The molecule has 1 fully saturated rings. The molecule has 0 aliphatic carbocycles. The van der Waals surface area contributed by atoms with Gasteiger partial charge in [0.05, 0.1) is 5.56 Å². The van der Waals surface area contributed by atoms with Crippen LogP contribution in [0.3, 0.4) is 0 Å². The average molecular weight is 269 g/mol. The summed E-state index contributed by atoms with van der Waals surface area (Å²) >= 11 is 5.76. The summed E-state index contributed by atoms with van der Waals surface area (Å²) in [6.45, 7) is 0.670. The van der Waals surface area contributed by atoms with E-state index in [0.717, 1.165) is 6.42 Å². The Morgan fingerprint density at radius 2 is 2.28 bits per heavy atom. The molecular formula is C12H13ClN2O3. The predicted octanol–water partition coefficient (Wildman–Crippen LogP) is 1.73. The third kappa shape index (κ3) is 2.73. The molecule has 1 heterocycles. The van der Waals surface area contributed by atoms with E-state index < -0.39 is 12.0 Å². The Morgan fingerprint density at radius 3 is 2.94 bits per heavy atom. The second-order valence-corrected chi connectivity index (χ2v) is 4.56. The van der Waals surface area contributed by atoms with Gasteiger partial charge in [-0.25, -0.2) is 4.79 Å². The minimum atomic E-state index is -1.07. The van der Waals surface area contributed by atoms with Crippen molar-refractivity contribution in [2.24, 2.45) is 0 Å². The summed E-state index contributed by atoms with van der Waals surface area (Å²) in [5, 5.41) is 15.1. The number of hydrogen-bond donors (Lipinski definition) is 3. The number of aromatic carboxylic acids is 1. The summed E-state index contributed by atoms with van der Waals surface area (Å²) in [5.74, 6) is -1.18. The Bertz CT molecular complexity index is 490. The van der Waals surface area contributed by atoms with Gasteiger partial charge in [0.2, 0.25) is 5.91 Å². The molecule has 1 aliphatic rings. The molecule has 6 heteroatoms. The molecule has 96 valence electrons. The van der Waals surface area contributed by atoms with Gasteiger partial charge in [0.1, 0.15) is 6.04 Å². The van der Waals surface area contributed by atoms with E-state index in [1.807, 2.05) is 0 Å². The Morgan fingerprint density at radius 1 is 1.50 bits per heavy atom. The zero-order chi connectivity index (χ0) is 13.1. The monoisotopic (exact) mass is 268 g/mol. The molecule has 2 rings (SSSR count). The lowest BCUT2D eigenvalue weighted by molar-refractivity contribution is -0.123. The molecule has 1 aromatic carbocycles. The molecular weight excluding hydrogens is 256 g/mol. The zero-order valence-corrected chi connectivity index (χ0v) is 10.3. The quantitative estimate of drug-likeness (QED) is 0.780. The fourth-order valence-corrected chi connectivity index (χ4v) is 2.09. The molecule has 18 heavy (non-hydrogen) atoms. The van der Waals surface area contributed by atoms with Gasteiger partial charge in [0.25, 0.3) is 0 Å². The van der Waals surface area contributed by atoms with Crippen LogP contribution in [0.4, 0.5) is 5.69 Å². The van der Waals surface area contributed by atoms with Crippen molar-refractivity contribution in [1.29, 1.82) is 0 Å². The van der Waals surface area contributed by atoms with E-state index in [0.29, 0.717) is 23.7 Å². The SMILES string of the molecule is O=C(O)c1cc(Cl)ccc1NC1CCCNC1=O. The standard InChI is InChI=1S/C12H13ClN2O3/c13-7-3-4-9(8(6-7)12(17)18)15-10-2-1-5-14-11(10)16/h3-4,6,10,15H,1-2,5H2,(H,14,16)(H,17,18). The average Bonchev–Trinajstić information content (AvgIpc) is 2.34. The summed E-state index contributed by atoms with van der Waals surface area (Å²) in [5.41, 5.74) is 0.481. The first-order chi connectivity index (χ1) is 8.58. The van der Waals surface area contributed by atoms with E-state index in [-0.39, 0.29) is 11.5 Å². The van der Waals surface area contributed by atoms with Crippen LogP contribution >= 0.6 is 11.6 Å². The maximum Gasteiger partial charge on any atom is 0.337 e. The van der Waals surface area contributed by atoms with Gasteiger partial charge in [0.15, 0.2) is 0 Å². The van der Waals surface area contributed by atoms with Crippen LogP contribution < -0.4 is 10.6 Å². The van der Waals surface area contributed by atoms with Crippen LogP contribution in [-0.4, -0.2) is 29.6 Å². The zero-order valence-electron chi connectivity index (χ0n) is 9.57. The number of anilines is 1. The molecule has 1 unspecified atom stereocenters. The third-order valence-electron chi connectivity index (χ3n) is 2.83. The van der Waals surface area contributed by atoms with E-state index in [2.05, 4.69) is 10.6 Å². The summed E-state index contributed by atoms with van der Waals surface area (Å²) in [7, 11) is 0. The van der Waals surface area contributed by atoms with E-state index >= 15 is 0 Å². The minimum absolute atomic E-state index is 0.0703. The molecule has 1 amide bonds. The number of rotatable bonds is 3. The number of halogens is 1.